The van der Waals surface area contributed by atoms with Crippen LogP contribution < -0.4 is 20.1 Å². The summed E-state index contributed by atoms with van der Waals surface area (Å²) in [5, 5.41) is 5.66. The highest BCUT2D eigenvalue weighted by Gasteiger charge is 2.45. The molecule has 2 unspecified atom stereocenters. The average molecular weight is 1060 g/mol. The summed E-state index contributed by atoms with van der Waals surface area (Å²) in [6, 6.07) is 21.7. The molecule has 1 fully saturated rings. The SMILES string of the molecule is Cc1ncsc1-c1ccc(C[N+](=O)C2CCCN2C(=O)C(NC(=O)CCOCCOCCOCCNC(=O)c2ccc(Oc3ccc(Cl)cc3NSc3ccc(Cl)c(C(F)(F)F)c3)cc2)C(C)(C)C)cc1. The Bertz CT molecular complexity index is 2600. The molecule has 3 N–H and O–H groups in total. The number of alkyl halides is 3. The minimum absolute atomic E-state index is 0.0381. The Hall–Kier alpha value is -5.28. The molecule has 380 valence electrons. The first-order chi connectivity index (χ1) is 33.9. The summed E-state index contributed by atoms with van der Waals surface area (Å²) in [5.74, 6) is -0.192. The Morgan fingerprint density at radius 1 is 0.901 bits per heavy atom. The fourth-order valence-corrected chi connectivity index (χ4v) is 9.30. The Labute approximate surface area is 429 Å². The summed E-state index contributed by atoms with van der Waals surface area (Å²) in [6.07, 6.45) is -3.96. The maximum atomic E-state index is 13.9. The van der Waals surface area contributed by atoms with Crippen LogP contribution in [0.25, 0.3) is 10.4 Å². The normalized spacial score (nSPS) is 14.3. The second-order valence-electron chi connectivity index (χ2n) is 17.5. The van der Waals surface area contributed by atoms with E-state index in [2.05, 4.69) is 20.3 Å². The van der Waals surface area contributed by atoms with Gasteiger partial charge in [-0.2, -0.15) is 13.2 Å². The molecule has 6 rings (SSSR count). The molecule has 4 aromatic carbocycles. The summed E-state index contributed by atoms with van der Waals surface area (Å²) < 4.78 is 66.7. The molecule has 2 atom stereocenters. The molecule has 5 aromatic rings. The molecule has 1 aliphatic heterocycles. The summed E-state index contributed by atoms with van der Waals surface area (Å²) in [7, 11) is 0. The predicted octanol–water partition coefficient (Wildman–Crippen LogP) is 11.0. The summed E-state index contributed by atoms with van der Waals surface area (Å²) in [6.45, 7) is 9.87. The number of nitrogens with one attached hydrogen (secondary N) is 3. The Kier molecular flexibility index (Phi) is 20.1. The highest BCUT2D eigenvalue weighted by Crippen LogP contribution is 2.39. The van der Waals surface area contributed by atoms with Gasteiger partial charge in [-0.15, -0.1) is 11.3 Å². The first kappa shape index (κ1) is 55.0. The number of nitrogens with zero attached hydrogens (tertiary/aromatic N) is 3. The molecule has 1 saturated heterocycles. The van der Waals surface area contributed by atoms with Crippen molar-refractivity contribution in [2.45, 2.75) is 76.8 Å². The van der Waals surface area contributed by atoms with Gasteiger partial charge in [0.25, 0.3) is 18.0 Å². The number of anilines is 1. The van der Waals surface area contributed by atoms with Gasteiger partial charge in [0, 0.05) is 56.6 Å². The first-order valence-electron chi connectivity index (χ1n) is 22.8. The number of ether oxygens (including phenoxy) is 4. The van der Waals surface area contributed by atoms with Crippen molar-refractivity contribution < 1.29 is 51.3 Å². The number of carbonyl (C=O) groups excluding carboxylic acids is 3. The van der Waals surface area contributed by atoms with E-state index in [0.29, 0.717) is 47.2 Å². The van der Waals surface area contributed by atoms with E-state index in [1.807, 2.05) is 57.5 Å². The molecular weight excluding hydrogens is 1000 g/mol. The maximum absolute atomic E-state index is 13.9. The summed E-state index contributed by atoms with van der Waals surface area (Å²) >= 11 is 14.4. The molecule has 21 heteroatoms. The van der Waals surface area contributed by atoms with E-state index >= 15 is 0 Å². The molecule has 14 nitrogen and oxygen atoms in total. The van der Waals surface area contributed by atoms with E-state index in [1.54, 1.807) is 58.7 Å². The van der Waals surface area contributed by atoms with Crippen LogP contribution in [0, 0.1) is 17.2 Å². The van der Waals surface area contributed by atoms with E-state index in [-0.39, 0.29) is 81.8 Å². The largest absolute Gasteiger partial charge is 0.455 e. The quantitative estimate of drug-likeness (QED) is 0.0307. The lowest BCUT2D eigenvalue weighted by Gasteiger charge is -2.33. The number of amides is 3. The van der Waals surface area contributed by atoms with Crippen LogP contribution in [0.2, 0.25) is 10.0 Å². The lowest BCUT2D eigenvalue weighted by atomic mass is 9.85. The van der Waals surface area contributed by atoms with Crippen molar-refractivity contribution in [3.05, 3.63) is 128 Å². The van der Waals surface area contributed by atoms with Gasteiger partial charge in [-0.1, -0.05) is 68.2 Å². The van der Waals surface area contributed by atoms with Crippen LogP contribution in [-0.2, 0) is 36.5 Å². The molecule has 0 bridgehead atoms. The molecular formula is C50H56Cl2F3N6O8S2+. The van der Waals surface area contributed by atoms with Crippen molar-refractivity contribution in [3.63, 3.8) is 0 Å². The van der Waals surface area contributed by atoms with E-state index in [9.17, 15) is 32.5 Å². The lowest BCUT2D eigenvalue weighted by molar-refractivity contribution is -0.617. The van der Waals surface area contributed by atoms with Crippen LogP contribution >= 0.6 is 46.5 Å². The molecule has 1 aromatic heterocycles. The topological polar surface area (TPSA) is 160 Å². The number of likely N-dealkylation sites (tertiary alicyclic amines) is 1. The summed E-state index contributed by atoms with van der Waals surface area (Å²) in [4.78, 5) is 60.4. The monoisotopic (exact) mass is 1060 g/mol. The Morgan fingerprint density at radius 3 is 2.25 bits per heavy atom. The third-order valence-electron chi connectivity index (χ3n) is 11.1. The highest BCUT2D eigenvalue weighted by atomic mass is 35.5. The van der Waals surface area contributed by atoms with Crippen LogP contribution in [0.4, 0.5) is 18.9 Å². The van der Waals surface area contributed by atoms with Crippen LogP contribution in [-0.4, -0.2) is 97.3 Å². The molecule has 1 aliphatic rings. The fourth-order valence-electron chi connectivity index (χ4n) is 7.40. The van der Waals surface area contributed by atoms with E-state index < -0.39 is 34.4 Å². The van der Waals surface area contributed by atoms with Gasteiger partial charge in [-0.05, 0) is 96.9 Å². The number of nitroso groups, excluding NO2 is 1. The van der Waals surface area contributed by atoms with Gasteiger partial charge < -0.3 is 34.3 Å². The van der Waals surface area contributed by atoms with Crippen LogP contribution in [0.15, 0.2) is 95.3 Å². The van der Waals surface area contributed by atoms with E-state index in [1.165, 1.54) is 12.1 Å². The minimum Gasteiger partial charge on any atom is -0.455 e. The standard InChI is InChI=1S/C50H55Cl2F3N6O8S2/c1-32-45(70-31-57-32)34-9-7-33(8-10-34)30-61(65)44-6-5-21-60(44)48(64)46(49(2,3)4)58-43(62)19-22-66-24-26-68-27-25-67-23-20-56-47(63)35-11-14-37(15-12-35)69-42-18-13-36(51)28-41(42)59-71-38-16-17-40(52)39(29-38)50(53,54)55/h7-18,28-29,31,44,46,59H,5-6,19-27,30H2,1-4H3,(H-,56,58,62,63)/p+1. The van der Waals surface area contributed by atoms with Gasteiger partial charge in [-0.3, -0.25) is 19.3 Å². The predicted molar refractivity (Wildman–Crippen MR) is 269 cm³/mol. The molecule has 3 amide bonds. The third kappa shape index (κ3) is 16.4. The van der Waals surface area contributed by atoms with Gasteiger partial charge >= 0.3 is 6.18 Å². The number of thiazole rings is 1. The van der Waals surface area contributed by atoms with Gasteiger partial charge in [0.15, 0.2) is 5.75 Å². The van der Waals surface area contributed by atoms with Gasteiger partial charge in [0.2, 0.25) is 12.5 Å². The number of halogens is 5. The van der Waals surface area contributed by atoms with Gasteiger partial charge in [-0.25, -0.2) is 4.98 Å². The fraction of sp³-hybridized carbons (Fsp3) is 0.400. The van der Waals surface area contributed by atoms with Crippen molar-refractivity contribution in [1.82, 2.24) is 20.5 Å². The van der Waals surface area contributed by atoms with Crippen LogP contribution in [0.3, 0.4) is 0 Å². The number of aromatic nitrogens is 1. The molecule has 71 heavy (non-hydrogen) atoms. The van der Waals surface area contributed by atoms with Crippen molar-refractivity contribution in [3.8, 4) is 21.9 Å². The molecule has 0 saturated carbocycles. The van der Waals surface area contributed by atoms with E-state index in [0.717, 1.165) is 44.5 Å². The Balaban J connectivity index is 0.822. The second kappa shape index (κ2) is 25.9. The average Bonchev–Trinajstić information content (AvgIpc) is 4.01. The number of rotatable bonds is 24. The highest BCUT2D eigenvalue weighted by molar-refractivity contribution is 8.00. The van der Waals surface area contributed by atoms with Crippen molar-refractivity contribution in [2.24, 2.45) is 5.41 Å². The first-order valence-corrected chi connectivity index (χ1v) is 25.2. The van der Waals surface area contributed by atoms with Gasteiger partial charge in [0.05, 0.1) is 72.0 Å². The van der Waals surface area contributed by atoms with Crippen molar-refractivity contribution in [1.29, 1.82) is 0 Å². The zero-order valence-corrected chi connectivity index (χ0v) is 42.8. The van der Waals surface area contributed by atoms with Gasteiger partial charge in [0.1, 0.15) is 11.8 Å². The second-order valence-corrected chi connectivity index (χ2v) is 20.1. The zero-order valence-electron chi connectivity index (χ0n) is 39.6. The lowest BCUT2D eigenvalue weighted by Crippen LogP contribution is -2.57. The van der Waals surface area contributed by atoms with Crippen molar-refractivity contribution in [2.75, 3.05) is 57.5 Å². The molecule has 2 heterocycles. The minimum atomic E-state index is -4.61. The summed E-state index contributed by atoms with van der Waals surface area (Å²) in [5.41, 5.74) is 3.89. The number of hydrogen-bond donors (Lipinski definition) is 3. The number of benzene rings is 4. The molecule has 0 radical (unpaired) electrons. The van der Waals surface area contributed by atoms with E-state index in [4.69, 9.17) is 42.1 Å². The van der Waals surface area contributed by atoms with Crippen LogP contribution in [0.5, 0.6) is 11.5 Å². The maximum Gasteiger partial charge on any atom is 0.417 e. The number of carbonyl (C=O) groups is 3. The number of hydrogen-bond acceptors (Lipinski definition) is 12. The van der Waals surface area contributed by atoms with Crippen LogP contribution in [0.1, 0.15) is 67.2 Å². The molecule has 0 spiro atoms. The smallest absolute Gasteiger partial charge is 0.417 e. The third-order valence-corrected chi connectivity index (χ3v) is 13.5. The Morgan fingerprint density at radius 2 is 1.59 bits per heavy atom. The zero-order chi connectivity index (χ0) is 51.1. The number of aryl methyl sites for hydroxylation is 1. The molecule has 0 aliphatic carbocycles. The van der Waals surface area contributed by atoms with Crippen molar-refractivity contribution >= 4 is 69.9 Å².